The van der Waals surface area contributed by atoms with Crippen molar-refractivity contribution >= 4 is 34.0 Å². The molecule has 0 aliphatic rings. The van der Waals surface area contributed by atoms with Gasteiger partial charge in [-0.05, 0) is 31.2 Å². The lowest BCUT2D eigenvalue weighted by Crippen LogP contribution is -2.32. The van der Waals surface area contributed by atoms with Gasteiger partial charge in [-0.2, -0.15) is 0 Å². The summed E-state index contributed by atoms with van der Waals surface area (Å²) in [4.78, 5) is 0.195. The second-order valence-corrected chi connectivity index (χ2v) is 5.81. The van der Waals surface area contributed by atoms with E-state index >= 15 is 0 Å². The van der Waals surface area contributed by atoms with E-state index in [0.29, 0.717) is 18.1 Å². The first kappa shape index (κ1) is 17.7. The van der Waals surface area contributed by atoms with E-state index in [4.69, 9.17) is 11.6 Å². The molecule has 0 aromatic heterocycles. The van der Waals surface area contributed by atoms with Crippen LogP contribution < -0.4 is 10.0 Å². The summed E-state index contributed by atoms with van der Waals surface area (Å²) >= 11 is 5.75. The van der Waals surface area contributed by atoms with Gasteiger partial charge >= 0.3 is 0 Å². The van der Waals surface area contributed by atoms with Crippen LogP contribution in [0, 0.1) is 0 Å². The molecular formula is C11H18Cl2N2O2S. The van der Waals surface area contributed by atoms with Crippen LogP contribution in [0.3, 0.4) is 0 Å². The molecule has 0 bridgehead atoms. The van der Waals surface area contributed by atoms with E-state index in [0.717, 1.165) is 13.0 Å². The van der Waals surface area contributed by atoms with Crippen LogP contribution in [0.1, 0.15) is 13.3 Å². The van der Waals surface area contributed by atoms with E-state index in [1.54, 1.807) is 12.1 Å². The number of hydrogen-bond donors (Lipinski definition) is 2. The van der Waals surface area contributed by atoms with E-state index in [1.165, 1.54) is 12.1 Å². The molecule has 1 aromatic rings. The van der Waals surface area contributed by atoms with Crippen LogP contribution in [0.4, 0.5) is 0 Å². The van der Waals surface area contributed by atoms with Crippen LogP contribution in [0.15, 0.2) is 29.2 Å². The van der Waals surface area contributed by atoms with Crippen LogP contribution in [0.2, 0.25) is 5.02 Å². The lowest BCUT2D eigenvalue weighted by Gasteiger charge is -2.07. The Morgan fingerprint density at radius 1 is 1.22 bits per heavy atom. The maximum Gasteiger partial charge on any atom is 0.240 e. The number of nitrogens with one attached hydrogen (secondary N) is 2. The van der Waals surface area contributed by atoms with Gasteiger partial charge in [0, 0.05) is 18.1 Å². The van der Waals surface area contributed by atoms with Gasteiger partial charge in [0.25, 0.3) is 0 Å². The Labute approximate surface area is 120 Å². The van der Waals surface area contributed by atoms with E-state index in [1.807, 2.05) is 0 Å². The molecule has 0 amide bonds. The van der Waals surface area contributed by atoms with E-state index in [9.17, 15) is 8.42 Å². The third-order valence-electron chi connectivity index (χ3n) is 2.13. The van der Waals surface area contributed by atoms with Crippen molar-refractivity contribution in [2.75, 3.05) is 19.6 Å². The van der Waals surface area contributed by atoms with Gasteiger partial charge in [0.1, 0.15) is 0 Å². The molecule has 0 spiro atoms. The Bertz CT molecular complexity index is 452. The average molecular weight is 313 g/mol. The highest BCUT2D eigenvalue weighted by Gasteiger charge is 2.12. The third-order valence-corrected chi connectivity index (χ3v) is 3.82. The third kappa shape index (κ3) is 6.02. The predicted octanol–water partition coefficient (Wildman–Crippen LogP) is 2.04. The van der Waals surface area contributed by atoms with E-state index in [2.05, 4.69) is 17.0 Å². The summed E-state index contributed by atoms with van der Waals surface area (Å²) in [5.74, 6) is 0. The molecule has 18 heavy (non-hydrogen) atoms. The predicted molar refractivity (Wildman–Crippen MR) is 77.0 cm³/mol. The molecule has 0 saturated carbocycles. The lowest BCUT2D eigenvalue weighted by molar-refractivity contribution is 0.575. The molecule has 0 heterocycles. The van der Waals surface area contributed by atoms with Crippen LogP contribution in [-0.4, -0.2) is 28.1 Å². The minimum Gasteiger partial charge on any atom is -0.315 e. The molecule has 1 aromatic carbocycles. The average Bonchev–Trinajstić information content (AvgIpc) is 2.29. The summed E-state index contributed by atoms with van der Waals surface area (Å²) in [6.07, 6.45) is 1.03. The van der Waals surface area contributed by atoms with Crippen LogP contribution in [-0.2, 0) is 10.0 Å². The maximum atomic E-state index is 11.8. The molecule has 0 atom stereocenters. The quantitative estimate of drug-likeness (QED) is 0.758. The van der Waals surface area contributed by atoms with Crippen LogP contribution in [0.25, 0.3) is 0 Å². The van der Waals surface area contributed by atoms with Crippen molar-refractivity contribution in [2.24, 2.45) is 0 Å². The number of sulfonamides is 1. The van der Waals surface area contributed by atoms with Crippen LogP contribution >= 0.6 is 24.0 Å². The molecule has 0 aliphatic heterocycles. The van der Waals surface area contributed by atoms with Crippen molar-refractivity contribution in [1.29, 1.82) is 0 Å². The Hall–Kier alpha value is -0.330. The molecule has 0 fully saturated rings. The van der Waals surface area contributed by atoms with Gasteiger partial charge in [-0.3, -0.25) is 0 Å². The van der Waals surface area contributed by atoms with Crippen LogP contribution in [0.5, 0.6) is 0 Å². The number of rotatable bonds is 7. The van der Waals surface area contributed by atoms with E-state index < -0.39 is 10.0 Å². The van der Waals surface area contributed by atoms with Crippen molar-refractivity contribution in [2.45, 2.75) is 18.2 Å². The maximum absolute atomic E-state index is 11.8. The molecule has 0 unspecified atom stereocenters. The Kier molecular flexibility index (Phi) is 8.56. The van der Waals surface area contributed by atoms with Gasteiger partial charge in [-0.15, -0.1) is 12.4 Å². The van der Waals surface area contributed by atoms with Gasteiger partial charge in [0.05, 0.1) is 4.90 Å². The Balaban J connectivity index is 0.00000289. The SMILES string of the molecule is CCCNCCNS(=O)(=O)c1cccc(Cl)c1.Cl. The molecule has 104 valence electrons. The monoisotopic (exact) mass is 312 g/mol. The normalized spacial score (nSPS) is 11.0. The lowest BCUT2D eigenvalue weighted by atomic mass is 10.4. The molecule has 0 saturated heterocycles. The van der Waals surface area contributed by atoms with Gasteiger partial charge in [0.2, 0.25) is 10.0 Å². The zero-order valence-corrected chi connectivity index (χ0v) is 12.5. The van der Waals surface area contributed by atoms with Crippen molar-refractivity contribution in [1.82, 2.24) is 10.0 Å². The van der Waals surface area contributed by atoms with Crippen molar-refractivity contribution in [3.8, 4) is 0 Å². The molecule has 1 rings (SSSR count). The standard InChI is InChI=1S/C11H17ClN2O2S.ClH/c1-2-6-13-7-8-14-17(15,16)11-5-3-4-10(12)9-11;/h3-5,9,13-14H,2,6-8H2,1H3;1H. The minimum atomic E-state index is -3.44. The first-order chi connectivity index (χ1) is 8.06. The zero-order chi connectivity index (χ0) is 12.7. The summed E-state index contributed by atoms with van der Waals surface area (Å²) < 4.78 is 26.2. The highest BCUT2D eigenvalue weighted by molar-refractivity contribution is 7.89. The van der Waals surface area contributed by atoms with Gasteiger partial charge < -0.3 is 5.32 Å². The first-order valence-electron chi connectivity index (χ1n) is 5.52. The number of benzene rings is 1. The fourth-order valence-electron chi connectivity index (χ4n) is 1.29. The second-order valence-electron chi connectivity index (χ2n) is 3.61. The minimum absolute atomic E-state index is 0. The second kappa shape index (κ2) is 8.72. The zero-order valence-electron chi connectivity index (χ0n) is 10.1. The smallest absolute Gasteiger partial charge is 0.240 e. The van der Waals surface area contributed by atoms with Gasteiger partial charge in [-0.1, -0.05) is 24.6 Å². The summed E-state index contributed by atoms with van der Waals surface area (Å²) in [7, 11) is -3.44. The first-order valence-corrected chi connectivity index (χ1v) is 7.38. The van der Waals surface area contributed by atoms with Crippen molar-refractivity contribution in [3.63, 3.8) is 0 Å². The highest BCUT2D eigenvalue weighted by Crippen LogP contribution is 2.14. The molecule has 0 aliphatic carbocycles. The van der Waals surface area contributed by atoms with Gasteiger partial charge in [-0.25, -0.2) is 13.1 Å². The molecule has 0 radical (unpaired) electrons. The summed E-state index contributed by atoms with van der Waals surface area (Å²) in [6, 6.07) is 6.21. The molecule has 4 nitrogen and oxygen atoms in total. The van der Waals surface area contributed by atoms with Crippen molar-refractivity contribution in [3.05, 3.63) is 29.3 Å². The Morgan fingerprint density at radius 3 is 2.56 bits per heavy atom. The summed E-state index contributed by atoms with van der Waals surface area (Å²) in [5.41, 5.74) is 0. The van der Waals surface area contributed by atoms with Crippen molar-refractivity contribution < 1.29 is 8.42 Å². The fourth-order valence-corrected chi connectivity index (χ4v) is 2.63. The summed E-state index contributed by atoms with van der Waals surface area (Å²) in [5, 5.41) is 3.53. The van der Waals surface area contributed by atoms with Gasteiger partial charge in [0.15, 0.2) is 0 Å². The van der Waals surface area contributed by atoms with E-state index in [-0.39, 0.29) is 17.3 Å². The number of halogens is 2. The topological polar surface area (TPSA) is 58.2 Å². The molecular weight excluding hydrogens is 295 g/mol. The number of hydrogen-bond acceptors (Lipinski definition) is 3. The largest absolute Gasteiger partial charge is 0.315 e. The summed E-state index contributed by atoms with van der Waals surface area (Å²) in [6.45, 7) is 3.94. The molecule has 7 heteroatoms. The fraction of sp³-hybridized carbons (Fsp3) is 0.455. The highest BCUT2D eigenvalue weighted by atomic mass is 35.5. The Morgan fingerprint density at radius 2 is 1.94 bits per heavy atom. The molecule has 2 N–H and O–H groups in total.